The van der Waals surface area contributed by atoms with Crippen LogP contribution in [0, 0.1) is 0 Å². The molecule has 4 heteroatoms. The fraction of sp³-hybridized carbons (Fsp3) is 0.812. The summed E-state index contributed by atoms with van der Waals surface area (Å²) in [5.41, 5.74) is 1.49. The highest BCUT2D eigenvalue weighted by Gasteiger charge is 2.19. The number of hydrogen-bond acceptors (Lipinski definition) is 3. The molecule has 1 aromatic rings. The minimum atomic E-state index is 0.769. The highest BCUT2D eigenvalue weighted by Crippen LogP contribution is 2.32. The predicted molar refractivity (Wildman–Crippen MR) is 82.0 cm³/mol. The Kier molecular flexibility index (Phi) is 5.09. The SMILES string of the molecule is c1ncn(CCCN2CCNCC2)c1C1CCCCC1. The van der Waals surface area contributed by atoms with E-state index in [9.17, 15) is 0 Å². The lowest BCUT2D eigenvalue weighted by molar-refractivity contribution is 0.234. The maximum absolute atomic E-state index is 4.40. The van der Waals surface area contributed by atoms with Gasteiger partial charge in [0, 0.05) is 50.5 Å². The van der Waals surface area contributed by atoms with E-state index in [1.165, 1.54) is 63.9 Å². The molecule has 1 aliphatic carbocycles. The van der Waals surface area contributed by atoms with Crippen LogP contribution in [-0.2, 0) is 6.54 Å². The Morgan fingerprint density at radius 1 is 1.10 bits per heavy atom. The number of aromatic nitrogens is 2. The molecule has 0 aromatic carbocycles. The molecule has 20 heavy (non-hydrogen) atoms. The van der Waals surface area contributed by atoms with Gasteiger partial charge in [-0.25, -0.2) is 4.98 Å². The minimum Gasteiger partial charge on any atom is -0.334 e. The molecule has 112 valence electrons. The van der Waals surface area contributed by atoms with Crippen molar-refractivity contribution in [2.45, 2.75) is 51.0 Å². The average molecular weight is 276 g/mol. The quantitative estimate of drug-likeness (QED) is 0.895. The van der Waals surface area contributed by atoms with Crippen molar-refractivity contribution in [3.63, 3.8) is 0 Å². The van der Waals surface area contributed by atoms with Crippen LogP contribution in [0.5, 0.6) is 0 Å². The van der Waals surface area contributed by atoms with E-state index in [0.717, 1.165) is 25.6 Å². The van der Waals surface area contributed by atoms with Gasteiger partial charge in [0.2, 0.25) is 0 Å². The van der Waals surface area contributed by atoms with Crippen molar-refractivity contribution < 1.29 is 0 Å². The topological polar surface area (TPSA) is 33.1 Å². The van der Waals surface area contributed by atoms with Crippen molar-refractivity contribution in [1.82, 2.24) is 19.8 Å². The highest BCUT2D eigenvalue weighted by molar-refractivity contribution is 5.07. The fourth-order valence-corrected chi connectivity index (χ4v) is 3.66. The molecule has 0 amide bonds. The molecule has 0 bridgehead atoms. The molecule has 3 rings (SSSR count). The third-order valence-corrected chi connectivity index (χ3v) is 4.85. The first-order valence-electron chi connectivity index (χ1n) is 8.36. The summed E-state index contributed by atoms with van der Waals surface area (Å²) in [5, 5.41) is 3.41. The number of rotatable bonds is 5. The standard InChI is InChI=1S/C16H28N4/c1-2-5-15(6-3-1)16-13-18-14-20(16)10-4-9-19-11-7-17-8-12-19/h13-15,17H,1-12H2. The zero-order valence-corrected chi connectivity index (χ0v) is 12.6. The second-order valence-corrected chi connectivity index (χ2v) is 6.29. The Balaban J connectivity index is 1.48. The molecule has 1 aliphatic heterocycles. The van der Waals surface area contributed by atoms with Gasteiger partial charge in [-0.1, -0.05) is 19.3 Å². The van der Waals surface area contributed by atoms with Crippen molar-refractivity contribution in [3.8, 4) is 0 Å². The van der Waals surface area contributed by atoms with E-state index in [0.29, 0.717) is 0 Å². The van der Waals surface area contributed by atoms with Crippen LogP contribution in [0.2, 0.25) is 0 Å². The van der Waals surface area contributed by atoms with Gasteiger partial charge in [-0.05, 0) is 25.8 Å². The molecular formula is C16H28N4. The largest absolute Gasteiger partial charge is 0.334 e. The Hall–Kier alpha value is -0.870. The van der Waals surface area contributed by atoms with Crippen LogP contribution in [0.3, 0.4) is 0 Å². The monoisotopic (exact) mass is 276 g/mol. The van der Waals surface area contributed by atoms with Gasteiger partial charge >= 0.3 is 0 Å². The molecule has 1 saturated heterocycles. The van der Waals surface area contributed by atoms with Crippen LogP contribution in [-0.4, -0.2) is 47.2 Å². The molecule has 2 aliphatic rings. The van der Waals surface area contributed by atoms with Gasteiger partial charge in [0.1, 0.15) is 0 Å². The zero-order chi connectivity index (χ0) is 13.6. The smallest absolute Gasteiger partial charge is 0.0948 e. The van der Waals surface area contributed by atoms with Crippen molar-refractivity contribution in [1.29, 1.82) is 0 Å². The number of imidazole rings is 1. The summed E-state index contributed by atoms with van der Waals surface area (Å²) in [6.07, 6.45) is 12.4. The van der Waals surface area contributed by atoms with Gasteiger partial charge in [0.05, 0.1) is 6.33 Å². The average Bonchev–Trinajstić information content (AvgIpc) is 2.98. The van der Waals surface area contributed by atoms with Crippen molar-refractivity contribution >= 4 is 0 Å². The third kappa shape index (κ3) is 3.61. The Morgan fingerprint density at radius 3 is 2.70 bits per heavy atom. The maximum Gasteiger partial charge on any atom is 0.0948 e. The number of nitrogens with zero attached hydrogens (tertiary/aromatic N) is 3. The maximum atomic E-state index is 4.40. The molecule has 0 radical (unpaired) electrons. The summed E-state index contributed by atoms with van der Waals surface area (Å²) >= 11 is 0. The Labute approximate surface area is 122 Å². The van der Waals surface area contributed by atoms with Gasteiger partial charge in [-0.2, -0.15) is 0 Å². The summed E-state index contributed by atoms with van der Waals surface area (Å²) < 4.78 is 2.41. The van der Waals surface area contributed by atoms with E-state index < -0.39 is 0 Å². The van der Waals surface area contributed by atoms with Crippen LogP contribution >= 0.6 is 0 Å². The van der Waals surface area contributed by atoms with Crippen LogP contribution < -0.4 is 5.32 Å². The summed E-state index contributed by atoms with van der Waals surface area (Å²) in [5.74, 6) is 0.769. The van der Waals surface area contributed by atoms with Crippen LogP contribution in [0.15, 0.2) is 12.5 Å². The molecular weight excluding hydrogens is 248 g/mol. The minimum absolute atomic E-state index is 0.769. The van der Waals surface area contributed by atoms with Gasteiger partial charge in [-0.3, -0.25) is 0 Å². The zero-order valence-electron chi connectivity index (χ0n) is 12.6. The van der Waals surface area contributed by atoms with Gasteiger partial charge in [0.25, 0.3) is 0 Å². The predicted octanol–water partition coefficient (Wildman–Crippen LogP) is 2.23. The first-order valence-corrected chi connectivity index (χ1v) is 8.36. The van der Waals surface area contributed by atoms with Crippen LogP contribution in [0.25, 0.3) is 0 Å². The van der Waals surface area contributed by atoms with E-state index in [-0.39, 0.29) is 0 Å². The second kappa shape index (κ2) is 7.23. The number of piperazine rings is 1. The normalized spacial score (nSPS) is 22.2. The van der Waals surface area contributed by atoms with Gasteiger partial charge < -0.3 is 14.8 Å². The van der Waals surface area contributed by atoms with E-state index in [4.69, 9.17) is 0 Å². The summed E-state index contributed by atoms with van der Waals surface area (Å²) in [6, 6.07) is 0. The second-order valence-electron chi connectivity index (χ2n) is 6.29. The number of hydrogen-bond donors (Lipinski definition) is 1. The molecule has 2 heterocycles. The first-order chi connectivity index (χ1) is 9.93. The van der Waals surface area contributed by atoms with E-state index in [2.05, 4.69) is 26.0 Å². The van der Waals surface area contributed by atoms with Gasteiger partial charge in [0.15, 0.2) is 0 Å². The van der Waals surface area contributed by atoms with Crippen LogP contribution in [0.4, 0.5) is 0 Å². The van der Waals surface area contributed by atoms with E-state index >= 15 is 0 Å². The van der Waals surface area contributed by atoms with Gasteiger partial charge in [-0.15, -0.1) is 0 Å². The highest BCUT2D eigenvalue weighted by atomic mass is 15.2. The molecule has 0 spiro atoms. The van der Waals surface area contributed by atoms with E-state index in [1.54, 1.807) is 0 Å². The summed E-state index contributed by atoms with van der Waals surface area (Å²) in [6.45, 7) is 7.08. The molecule has 1 aromatic heterocycles. The fourth-order valence-electron chi connectivity index (χ4n) is 3.66. The number of nitrogens with one attached hydrogen (secondary N) is 1. The lowest BCUT2D eigenvalue weighted by atomic mass is 9.87. The number of aryl methyl sites for hydroxylation is 1. The molecule has 0 unspecified atom stereocenters. The molecule has 1 saturated carbocycles. The molecule has 0 atom stereocenters. The third-order valence-electron chi connectivity index (χ3n) is 4.85. The Bertz CT molecular complexity index is 389. The Morgan fingerprint density at radius 2 is 1.90 bits per heavy atom. The lowest BCUT2D eigenvalue weighted by Crippen LogP contribution is -2.43. The van der Waals surface area contributed by atoms with E-state index in [1.807, 2.05) is 6.33 Å². The van der Waals surface area contributed by atoms with Crippen molar-refractivity contribution in [3.05, 3.63) is 18.2 Å². The first kappa shape index (κ1) is 14.1. The van der Waals surface area contributed by atoms with Crippen LogP contribution in [0.1, 0.15) is 50.1 Å². The van der Waals surface area contributed by atoms with Crippen molar-refractivity contribution in [2.24, 2.45) is 0 Å². The van der Waals surface area contributed by atoms with Crippen molar-refractivity contribution in [2.75, 3.05) is 32.7 Å². The molecule has 1 N–H and O–H groups in total. The summed E-state index contributed by atoms with van der Waals surface area (Å²) in [4.78, 5) is 6.98. The lowest BCUT2D eigenvalue weighted by Gasteiger charge is -2.27. The molecule has 4 nitrogen and oxygen atoms in total. The molecule has 2 fully saturated rings. The summed E-state index contributed by atoms with van der Waals surface area (Å²) in [7, 11) is 0.